The molecule has 1 heterocycles. The average molecular weight is 344 g/mol. The molecule has 0 amide bonds. The van der Waals surface area contributed by atoms with Crippen molar-refractivity contribution in [2.24, 2.45) is 5.92 Å². The van der Waals surface area contributed by atoms with Crippen LogP contribution in [0.15, 0.2) is 12.2 Å². The molecule has 1 rings (SSSR count). The van der Waals surface area contributed by atoms with Crippen LogP contribution in [-0.2, 0) is 9.53 Å². The number of aliphatic hydroxyl groups is 3. The van der Waals surface area contributed by atoms with E-state index in [2.05, 4.69) is 6.92 Å². The lowest BCUT2D eigenvalue weighted by Gasteiger charge is -2.37. The maximum atomic E-state index is 10.6. The maximum Gasteiger partial charge on any atom is 0.303 e. The average Bonchev–Trinajstić information content (AvgIpc) is 2.51. The van der Waals surface area contributed by atoms with Gasteiger partial charge < -0.3 is 25.2 Å². The van der Waals surface area contributed by atoms with E-state index >= 15 is 0 Å². The molecule has 0 aliphatic carbocycles. The van der Waals surface area contributed by atoms with Crippen molar-refractivity contribution in [1.82, 2.24) is 0 Å². The summed E-state index contributed by atoms with van der Waals surface area (Å²) in [5.74, 6) is -1.02. The van der Waals surface area contributed by atoms with Crippen LogP contribution in [0.2, 0.25) is 0 Å². The summed E-state index contributed by atoms with van der Waals surface area (Å²) in [6, 6.07) is 0. The van der Waals surface area contributed by atoms with Crippen molar-refractivity contribution in [2.75, 3.05) is 0 Å². The van der Waals surface area contributed by atoms with Crippen molar-refractivity contribution < 1.29 is 30.0 Å². The van der Waals surface area contributed by atoms with Gasteiger partial charge in [-0.2, -0.15) is 0 Å². The molecule has 4 N–H and O–H groups in total. The fourth-order valence-electron chi connectivity index (χ4n) is 3.08. The van der Waals surface area contributed by atoms with Gasteiger partial charge in [0.15, 0.2) is 6.29 Å². The zero-order valence-electron chi connectivity index (χ0n) is 14.5. The number of ether oxygens (including phenoxy) is 1. The van der Waals surface area contributed by atoms with E-state index in [9.17, 15) is 20.1 Å². The molecule has 1 fully saturated rings. The smallest absolute Gasteiger partial charge is 0.303 e. The number of unbranched alkanes of at least 4 members (excludes halogenated alkanes) is 3. The highest BCUT2D eigenvalue weighted by Crippen LogP contribution is 2.30. The lowest BCUT2D eigenvalue weighted by atomic mass is 9.85. The molecule has 24 heavy (non-hydrogen) atoms. The van der Waals surface area contributed by atoms with Crippen LogP contribution in [0.25, 0.3) is 0 Å². The molecular formula is C18H32O6. The Morgan fingerprint density at radius 3 is 2.67 bits per heavy atom. The van der Waals surface area contributed by atoms with Gasteiger partial charge >= 0.3 is 5.97 Å². The summed E-state index contributed by atoms with van der Waals surface area (Å²) in [4.78, 5) is 10.6. The summed E-state index contributed by atoms with van der Waals surface area (Å²) in [6.07, 6.45) is 6.63. The molecule has 0 saturated carbocycles. The predicted molar refractivity (Wildman–Crippen MR) is 90.4 cm³/mol. The van der Waals surface area contributed by atoms with Crippen molar-refractivity contribution >= 4 is 5.97 Å². The Morgan fingerprint density at radius 2 is 2.00 bits per heavy atom. The van der Waals surface area contributed by atoms with Gasteiger partial charge in [0.2, 0.25) is 0 Å². The van der Waals surface area contributed by atoms with Gasteiger partial charge in [0, 0.05) is 18.8 Å². The number of aliphatic hydroxyl groups excluding tert-OH is 3. The molecule has 1 aliphatic heterocycles. The van der Waals surface area contributed by atoms with E-state index in [0.29, 0.717) is 25.7 Å². The summed E-state index contributed by atoms with van der Waals surface area (Å²) in [7, 11) is 0. The SMILES string of the molecule is CCCCC[C@H](O)/C=C/[C@H]1O[C@H](O)C[C@H](O)[C@@H]1CCCCC(=O)O. The van der Waals surface area contributed by atoms with E-state index in [1.807, 2.05) is 0 Å². The lowest BCUT2D eigenvalue weighted by Crippen LogP contribution is -2.43. The van der Waals surface area contributed by atoms with Gasteiger partial charge in [0.05, 0.1) is 18.3 Å². The molecule has 140 valence electrons. The number of rotatable bonds is 11. The van der Waals surface area contributed by atoms with E-state index in [1.165, 1.54) is 0 Å². The fraction of sp³-hybridized carbons (Fsp3) is 0.833. The van der Waals surface area contributed by atoms with Gasteiger partial charge in [0.25, 0.3) is 0 Å². The minimum atomic E-state index is -1.01. The van der Waals surface area contributed by atoms with Gasteiger partial charge in [-0.25, -0.2) is 0 Å². The Hall–Kier alpha value is -0.950. The standard InChI is InChI=1S/C18H32O6/c1-2-3-4-7-13(19)10-11-16-14(8-5-6-9-17(21)22)15(20)12-18(23)24-16/h10-11,13-16,18-20,23H,2-9,12H2,1H3,(H,21,22)/b11-10+/t13-,14-,15-,16+,18-/m0/s1. The first-order valence-electron chi connectivity index (χ1n) is 9.03. The monoisotopic (exact) mass is 344 g/mol. The van der Waals surface area contributed by atoms with E-state index in [4.69, 9.17) is 9.84 Å². The topological polar surface area (TPSA) is 107 Å². The second kappa shape index (κ2) is 11.6. The zero-order chi connectivity index (χ0) is 17.9. The fourth-order valence-corrected chi connectivity index (χ4v) is 3.08. The molecule has 0 bridgehead atoms. The van der Waals surface area contributed by atoms with Crippen LogP contribution in [0.5, 0.6) is 0 Å². The van der Waals surface area contributed by atoms with Gasteiger partial charge in [0.1, 0.15) is 0 Å². The summed E-state index contributed by atoms with van der Waals surface area (Å²) in [5.41, 5.74) is 0. The second-order valence-electron chi connectivity index (χ2n) is 6.61. The Balaban J connectivity index is 2.52. The van der Waals surface area contributed by atoms with Gasteiger partial charge in [-0.3, -0.25) is 4.79 Å². The number of carboxylic acids is 1. The molecule has 0 aromatic carbocycles. The first-order chi connectivity index (χ1) is 11.4. The molecule has 1 saturated heterocycles. The van der Waals surface area contributed by atoms with E-state index < -0.39 is 30.6 Å². The van der Waals surface area contributed by atoms with Crippen molar-refractivity contribution in [3.63, 3.8) is 0 Å². The minimum absolute atomic E-state index is 0.114. The van der Waals surface area contributed by atoms with Crippen LogP contribution in [0, 0.1) is 5.92 Å². The van der Waals surface area contributed by atoms with Gasteiger partial charge in [-0.15, -0.1) is 0 Å². The van der Waals surface area contributed by atoms with Crippen LogP contribution in [0.3, 0.4) is 0 Å². The highest BCUT2D eigenvalue weighted by atomic mass is 16.6. The van der Waals surface area contributed by atoms with E-state index in [1.54, 1.807) is 12.2 Å². The first kappa shape index (κ1) is 21.1. The zero-order valence-corrected chi connectivity index (χ0v) is 14.5. The molecule has 1 aliphatic rings. The summed E-state index contributed by atoms with van der Waals surface area (Å²) >= 11 is 0. The Morgan fingerprint density at radius 1 is 1.25 bits per heavy atom. The number of hydrogen-bond acceptors (Lipinski definition) is 5. The third-order valence-electron chi connectivity index (χ3n) is 4.48. The third kappa shape index (κ3) is 8.24. The van der Waals surface area contributed by atoms with Gasteiger partial charge in [-0.05, 0) is 19.3 Å². The normalized spacial score (nSPS) is 29.0. The molecule has 0 unspecified atom stereocenters. The number of hydrogen-bond donors (Lipinski definition) is 4. The largest absolute Gasteiger partial charge is 0.481 e. The van der Waals surface area contributed by atoms with Crippen molar-refractivity contribution in [1.29, 1.82) is 0 Å². The van der Waals surface area contributed by atoms with Crippen LogP contribution < -0.4 is 0 Å². The van der Waals surface area contributed by atoms with Crippen LogP contribution in [-0.4, -0.2) is 51.0 Å². The third-order valence-corrected chi connectivity index (χ3v) is 4.48. The van der Waals surface area contributed by atoms with Crippen LogP contribution in [0.4, 0.5) is 0 Å². The molecule has 6 nitrogen and oxygen atoms in total. The Labute approximate surface area is 144 Å². The van der Waals surface area contributed by atoms with Crippen molar-refractivity contribution in [3.05, 3.63) is 12.2 Å². The summed E-state index contributed by atoms with van der Waals surface area (Å²) in [5, 5.41) is 38.5. The molecule has 5 atom stereocenters. The summed E-state index contributed by atoms with van der Waals surface area (Å²) < 4.78 is 5.50. The molecule has 0 spiro atoms. The molecular weight excluding hydrogens is 312 g/mol. The molecule has 0 aromatic rings. The molecule has 0 aromatic heterocycles. The quantitative estimate of drug-likeness (QED) is 0.338. The van der Waals surface area contributed by atoms with Gasteiger partial charge in [-0.1, -0.05) is 44.8 Å². The summed E-state index contributed by atoms with van der Waals surface area (Å²) in [6.45, 7) is 2.11. The molecule has 0 radical (unpaired) electrons. The number of aliphatic carboxylic acids is 1. The van der Waals surface area contributed by atoms with Crippen LogP contribution in [0.1, 0.15) is 64.7 Å². The Kier molecular flexibility index (Phi) is 10.2. The van der Waals surface area contributed by atoms with E-state index in [0.717, 1.165) is 19.3 Å². The lowest BCUT2D eigenvalue weighted by molar-refractivity contribution is -0.201. The predicted octanol–water partition coefficient (Wildman–Crippen LogP) is 2.21. The number of carbonyl (C=O) groups is 1. The minimum Gasteiger partial charge on any atom is -0.481 e. The van der Waals surface area contributed by atoms with Crippen LogP contribution >= 0.6 is 0 Å². The highest BCUT2D eigenvalue weighted by Gasteiger charge is 2.35. The molecule has 6 heteroatoms. The van der Waals surface area contributed by atoms with Crippen molar-refractivity contribution in [2.45, 2.75) is 89.3 Å². The first-order valence-corrected chi connectivity index (χ1v) is 9.03. The van der Waals surface area contributed by atoms with Crippen molar-refractivity contribution in [3.8, 4) is 0 Å². The highest BCUT2D eigenvalue weighted by molar-refractivity contribution is 5.66. The maximum absolute atomic E-state index is 10.6. The van der Waals surface area contributed by atoms with E-state index in [-0.39, 0.29) is 18.8 Å². The second-order valence-corrected chi connectivity index (χ2v) is 6.61. The Bertz CT molecular complexity index is 384. The number of carboxylic acid groups (broad SMARTS) is 1.